The summed E-state index contributed by atoms with van der Waals surface area (Å²) in [6.07, 6.45) is 0. The standard InChI is InChI=1S/C15H12FNO3S2/c16-12-6-2-3-7-13(12)21-10-9-17-15(18)11-5-1-4-8-14(11)22(17,19)20/h1-8H,9-10H2. The van der Waals surface area contributed by atoms with Gasteiger partial charge in [0.2, 0.25) is 0 Å². The number of carbonyl (C=O) groups excluding carboxylic acids is 1. The van der Waals surface area contributed by atoms with Crippen LogP contribution >= 0.6 is 11.8 Å². The summed E-state index contributed by atoms with van der Waals surface area (Å²) in [5, 5.41) is 0. The van der Waals surface area contributed by atoms with Crippen LogP contribution in [0, 0.1) is 5.82 Å². The third-order valence-electron chi connectivity index (χ3n) is 3.30. The number of fused-ring (bicyclic) bond motifs is 1. The van der Waals surface area contributed by atoms with Crippen LogP contribution in [0.2, 0.25) is 0 Å². The molecule has 1 heterocycles. The number of hydrogen-bond acceptors (Lipinski definition) is 4. The zero-order chi connectivity index (χ0) is 15.7. The Labute approximate surface area is 132 Å². The van der Waals surface area contributed by atoms with Crippen LogP contribution < -0.4 is 0 Å². The number of amides is 1. The van der Waals surface area contributed by atoms with Gasteiger partial charge in [-0.25, -0.2) is 17.1 Å². The minimum Gasteiger partial charge on any atom is -0.268 e. The van der Waals surface area contributed by atoms with Gasteiger partial charge in [0.05, 0.1) is 5.56 Å². The average molecular weight is 337 g/mol. The second-order valence-electron chi connectivity index (χ2n) is 4.66. The number of nitrogens with zero attached hydrogens (tertiary/aromatic N) is 1. The van der Waals surface area contributed by atoms with Crippen LogP contribution in [0.25, 0.3) is 0 Å². The Morgan fingerprint density at radius 3 is 2.45 bits per heavy atom. The van der Waals surface area contributed by atoms with Crippen molar-refractivity contribution in [3.63, 3.8) is 0 Å². The molecule has 4 nitrogen and oxygen atoms in total. The lowest BCUT2D eigenvalue weighted by Gasteiger charge is -2.14. The van der Waals surface area contributed by atoms with Crippen LogP contribution in [-0.4, -0.2) is 30.9 Å². The number of rotatable bonds is 4. The third-order valence-corrected chi connectivity index (χ3v) is 6.17. The maximum Gasteiger partial charge on any atom is 0.269 e. The van der Waals surface area contributed by atoms with E-state index >= 15 is 0 Å². The average Bonchev–Trinajstić information content (AvgIpc) is 2.70. The number of sulfonamides is 1. The molecule has 0 aromatic heterocycles. The van der Waals surface area contributed by atoms with Crippen molar-refractivity contribution in [3.05, 3.63) is 59.9 Å². The first-order chi connectivity index (χ1) is 10.5. The molecule has 114 valence electrons. The molecular formula is C15H12FNO3S2. The fourth-order valence-electron chi connectivity index (χ4n) is 2.25. The Balaban J connectivity index is 1.75. The smallest absolute Gasteiger partial charge is 0.268 e. The molecule has 0 spiro atoms. The third kappa shape index (κ3) is 2.50. The fourth-order valence-corrected chi connectivity index (χ4v) is 4.81. The molecule has 1 amide bonds. The summed E-state index contributed by atoms with van der Waals surface area (Å²) in [5.41, 5.74) is 0.193. The van der Waals surface area contributed by atoms with Crippen LogP contribution in [0.4, 0.5) is 4.39 Å². The van der Waals surface area contributed by atoms with Gasteiger partial charge in [0.25, 0.3) is 15.9 Å². The number of carbonyl (C=O) groups is 1. The summed E-state index contributed by atoms with van der Waals surface area (Å²) in [6.45, 7) is 0.00878. The molecule has 3 rings (SSSR count). The van der Waals surface area contributed by atoms with Gasteiger partial charge in [-0.05, 0) is 24.3 Å². The van der Waals surface area contributed by atoms with Gasteiger partial charge >= 0.3 is 0 Å². The molecule has 2 aromatic carbocycles. The number of benzene rings is 2. The summed E-state index contributed by atoms with van der Waals surface area (Å²) in [4.78, 5) is 12.7. The first-order valence-corrected chi connectivity index (χ1v) is 8.98. The molecule has 2 aromatic rings. The lowest BCUT2D eigenvalue weighted by Crippen LogP contribution is -2.32. The quantitative estimate of drug-likeness (QED) is 0.805. The molecular weight excluding hydrogens is 325 g/mol. The van der Waals surface area contributed by atoms with E-state index in [0.717, 1.165) is 4.31 Å². The highest BCUT2D eigenvalue weighted by molar-refractivity contribution is 7.99. The van der Waals surface area contributed by atoms with Crippen LogP contribution in [0.15, 0.2) is 58.3 Å². The molecule has 22 heavy (non-hydrogen) atoms. The van der Waals surface area contributed by atoms with Crippen molar-refractivity contribution < 1.29 is 17.6 Å². The molecule has 0 saturated heterocycles. The van der Waals surface area contributed by atoms with Crippen LogP contribution in [0.3, 0.4) is 0 Å². The topological polar surface area (TPSA) is 54.5 Å². The first kappa shape index (κ1) is 15.1. The highest BCUT2D eigenvalue weighted by atomic mass is 32.2. The Kier molecular flexibility index (Phi) is 3.92. The van der Waals surface area contributed by atoms with E-state index in [1.807, 2.05) is 0 Å². The summed E-state index contributed by atoms with van der Waals surface area (Å²) in [5.74, 6) is -0.587. The first-order valence-electron chi connectivity index (χ1n) is 6.55. The molecule has 0 unspecified atom stereocenters. The maximum atomic E-state index is 13.5. The van der Waals surface area contributed by atoms with E-state index in [1.54, 1.807) is 30.3 Å². The van der Waals surface area contributed by atoms with Gasteiger partial charge in [0.15, 0.2) is 0 Å². The minimum absolute atomic E-state index is 0.00878. The molecule has 0 N–H and O–H groups in total. The van der Waals surface area contributed by atoms with Crippen LogP contribution in [-0.2, 0) is 10.0 Å². The molecule has 0 atom stereocenters. The SMILES string of the molecule is O=C1c2ccccc2S(=O)(=O)N1CCSc1ccccc1F. The highest BCUT2D eigenvalue weighted by Crippen LogP contribution is 2.30. The van der Waals surface area contributed by atoms with E-state index in [1.165, 1.54) is 30.0 Å². The van der Waals surface area contributed by atoms with Crippen molar-refractivity contribution in [2.45, 2.75) is 9.79 Å². The fraction of sp³-hybridized carbons (Fsp3) is 0.133. The van der Waals surface area contributed by atoms with Crippen molar-refractivity contribution in [2.24, 2.45) is 0 Å². The molecule has 0 fully saturated rings. The van der Waals surface area contributed by atoms with Crippen LogP contribution in [0.5, 0.6) is 0 Å². The second-order valence-corrected chi connectivity index (χ2v) is 7.62. The molecule has 0 saturated carbocycles. The van der Waals surface area contributed by atoms with Gasteiger partial charge in [-0.1, -0.05) is 24.3 Å². The molecule has 0 aliphatic carbocycles. The number of thioether (sulfide) groups is 1. The van der Waals surface area contributed by atoms with Crippen molar-refractivity contribution in [2.75, 3.05) is 12.3 Å². The lowest BCUT2D eigenvalue weighted by molar-refractivity contribution is 0.0876. The summed E-state index contributed by atoms with van der Waals surface area (Å²) in [6, 6.07) is 12.4. The van der Waals surface area contributed by atoms with Crippen molar-refractivity contribution in [1.82, 2.24) is 4.31 Å². The number of hydrogen-bond donors (Lipinski definition) is 0. The summed E-state index contributed by atoms with van der Waals surface area (Å²) in [7, 11) is -3.78. The van der Waals surface area contributed by atoms with E-state index in [9.17, 15) is 17.6 Å². The summed E-state index contributed by atoms with van der Waals surface area (Å²) < 4.78 is 39.0. The monoisotopic (exact) mass is 337 g/mol. The Bertz CT molecular complexity index is 836. The van der Waals surface area contributed by atoms with E-state index < -0.39 is 15.9 Å². The van der Waals surface area contributed by atoms with Gasteiger partial charge in [-0.15, -0.1) is 11.8 Å². The van der Waals surface area contributed by atoms with Gasteiger partial charge in [0.1, 0.15) is 10.7 Å². The zero-order valence-corrected chi connectivity index (χ0v) is 13.0. The number of halogens is 1. The molecule has 1 aliphatic rings. The predicted molar refractivity (Wildman–Crippen MR) is 81.8 cm³/mol. The minimum atomic E-state index is -3.78. The van der Waals surface area contributed by atoms with Crippen LogP contribution in [0.1, 0.15) is 10.4 Å². The Morgan fingerprint density at radius 2 is 1.73 bits per heavy atom. The normalized spacial score (nSPS) is 15.9. The largest absolute Gasteiger partial charge is 0.269 e. The van der Waals surface area contributed by atoms with Gasteiger partial charge in [-0.2, -0.15) is 0 Å². The predicted octanol–water partition coefficient (Wildman–Crippen LogP) is 2.76. The van der Waals surface area contributed by atoms with Gasteiger partial charge < -0.3 is 0 Å². The second kappa shape index (κ2) is 5.73. The van der Waals surface area contributed by atoms with E-state index in [0.29, 0.717) is 10.6 Å². The van der Waals surface area contributed by atoms with Gasteiger partial charge in [-0.3, -0.25) is 4.79 Å². The summed E-state index contributed by atoms with van der Waals surface area (Å²) >= 11 is 1.18. The zero-order valence-electron chi connectivity index (χ0n) is 11.4. The van der Waals surface area contributed by atoms with Crippen molar-refractivity contribution in [3.8, 4) is 0 Å². The Hall–Kier alpha value is -1.86. The molecule has 0 bridgehead atoms. The van der Waals surface area contributed by atoms with Crippen molar-refractivity contribution >= 4 is 27.7 Å². The molecule has 0 radical (unpaired) electrons. The molecule has 1 aliphatic heterocycles. The molecule has 7 heteroatoms. The Morgan fingerprint density at radius 1 is 1.05 bits per heavy atom. The van der Waals surface area contributed by atoms with Crippen molar-refractivity contribution in [1.29, 1.82) is 0 Å². The maximum absolute atomic E-state index is 13.5. The lowest BCUT2D eigenvalue weighted by atomic mass is 10.2. The van der Waals surface area contributed by atoms with Gasteiger partial charge in [0, 0.05) is 17.2 Å². The van der Waals surface area contributed by atoms with E-state index in [2.05, 4.69) is 0 Å². The van der Waals surface area contributed by atoms with E-state index in [4.69, 9.17) is 0 Å². The highest BCUT2D eigenvalue weighted by Gasteiger charge is 2.40. The van der Waals surface area contributed by atoms with E-state index in [-0.39, 0.29) is 22.8 Å².